The van der Waals surface area contributed by atoms with E-state index in [-0.39, 0.29) is 5.91 Å². The third-order valence-corrected chi connectivity index (χ3v) is 3.87. The van der Waals surface area contributed by atoms with Gasteiger partial charge in [-0.25, -0.2) is 4.98 Å². The number of anilines is 1. The van der Waals surface area contributed by atoms with Gasteiger partial charge in [0.15, 0.2) is 0 Å². The molecule has 1 saturated heterocycles. The Hall–Kier alpha value is -1.66. The zero-order valence-electron chi connectivity index (χ0n) is 14.2. The Kier molecular flexibility index (Phi) is 7.29. The second-order valence-electron chi connectivity index (χ2n) is 6.25. The van der Waals surface area contributed by atoms with Gasteiger partial charge in [-0.15, -0.1) is 0 Å². The minimum absolute atomic E-state index is 0.0699. The molecule has 1 aromatic rings. The van der Waals surface area contributed by atoms with Gasteiger partial charge in [-0.2, -0.15) is 0 Å². The first-order valence-corrected chi connectivity index (χ1v) is 8.43. The number of hydrogen-bond acceptors (Lipinski definition) is 5. The zero-order valence-corrected chi connectivity index (χ0v) is 14.2. The number of hydrogen-bond donors (Lipinski definition) is 2. The first-order chi connectivity index (χ1) is 11.1. The van der Waals surface area contributed by atoms with E-state index in [9.17, 15) is 4.79 Å². The Morgan fingerprint density at radius 3 is 2.74 bits per heavy atom. The van der Waals surface area contributed by atoms with Crippen molar-refractivity contribution in [2.24, 2.45) is 5.92 Å². The molecule has 1 amide bonds. The minimum Gasteiger partial charge on any atom is -0.379 e. The predicted molar refractivity (Wildman–Crippen MR) is 91.8 cm³/mol. The van der Waals surface area contributed by atoms with Crippen LogP contribution in [0.3, 0.4) is 0 Å². The van der Waals surface area contributed by atoms with Crippen molar-refractivity contribution < 1.29 is 9.53 Å². The molecule has 0 aliphatic carbocycles. The van der Waals surface area contributed by atoms with E-state index >= 15 is 0 Å². The monoisotopic (exact) mass is 320 g/mol. The third kappa shape index (κ3) is 6.54. The second kappa shape index (κ2) is 9.47. The molecule has 6 heteroatoms. The van der Waals surface area contributed by atoms with Gasteiger partial charge in [0.2, 0.25) is 0 Å². The largest absolute Gasteiger partial charge is 0.379 e. The van der Waals surface area contributed by atoms with Crippen LogP contribution >= 0.6 is 0 Å². The molecule has 2 heterocycles. The van der Waals surface area contributed by atoms with Crippen LogP contribution in [-0.2, 0) is 4.74 Å². The molecule has 0 unspecified atom stereocenters. The smallest absolute Gasteiger partial charge is 0.252 e. The topological polar surface area (TPSA) is 66.5 Å². The fourth-order valence-corrected chi connectivity index (χ4v) is 2.38. The van der Waals surface area contributed by atoms with Crippen molar-refractivity contribution in [2.45, 2.75) is 20.3 Å². The Labute approximate surface area is 138 Å². The minimum atomic E-state index is -0.0699. The lowest BCUT2D eigenvalue weighted by atomic mass is 10.1. The molecule has 0 aromatic carbocycles. The molecule has 1 aromatic heterocycles. The molecule has 6 nitrogen and oxygen atoms in total. The van der Waals surface area contributed by atoms with E-state index in [1.165, 1.54) is 0 Å². The summed E-state index contributed by atoms with van der Waals surface area (Å²) in [6.45, 7) is 10.2. The van der Waals surface area contributed by atoms with Crippen LogP contribution in [0.4, 0.5) is 5.82 Å². The lowest BCUT2D eigenvalue weighted by molar-refractivity contribution is 0.0383. The fourth-order valence-electron chi connectivity index (χ4n) is 2.38. The van der Waals surface area contributed by atoms with Crippen LogP contribution in [0.5, 0.6) is 0 Å². The summed E-state index contributed by atoms with van der Waals surface area (Å²) in [6.07, 6.45) is 2.73. The number of amides is 1. The highest BCUT2D eigenvalue weighted by molar-refractivity contribution is 5.94. The number of pyridine rings is 1. The van der Waals surface area contributed by atoms with Crippen molar-refractivity contribution in [2.75, 3.05) is 51.3 Å². The molecule has 0 atom stereocenters. The quantitative estimate of drug-likeness (QED) is 0.762. The van der Waals surface area contributed by atoms with Gasteiger partial charge in [0.05, 0.1) is 18.8 Å². The lowest BCUT2D eigenvalue weighted by Crippen LogP contribution is -2.41. The number of ether oxygens (including phenoxy) is 1. The standard InChI is InChI=1S/C17H28N4O2/c1-14(2)5-6-18-16-4-3-15(13-20-16)17(22)19-7-8-21-9-11-23-12-10-21/h3-4,13-14H,5-12H2,1-2H3,(H,18,20)(H,19,22). The third-order valence-electron chi connectivity index (χ3n) is 3.87. The highest BCUT2D eigenvalue weighted by Crippen LogP contribution is 2.06. The van der Waals surface area contributed by atoms with Gasteiger partial charge in [-0.1, -0.05) is 13.8 Å². The SMILES string of the molecule is CC(C)CCNc1ccc(C(=O)NCCN2CCOCC2)cn1. The van der Waals surface area contributed by atoms with Crippen LogP contribution < -0.4 is 10.6 Å². The van der Waals surface area contributed by atoms with Crippen LogP contribution in [0.2, 0.25) is 0 Å². The lowest BCUT2D eigenvalue weighted by Gasteiger charge is -2.26. The number of carbonyl (C=O) groups excluding carboxylic acids is 1. The maximum Gasteiger partial charge on any atom is 0.252 e. The zero-order chi connectivity index (χ0) is 16.5. The van der Waals surface area contributed by atoms with Gasteiger partial charge in [0, 0.05) is 38.9 Å². The molecule has 0 bridgehead atoms. The van der Waals surface area contributed by atoms with E-state index < -0.39 is 0 Å². The Morgan fingerprint density at radius 1 is 1.30 bits per heavy atom. The van der Waals surface area contributed by atoms with E-state index in [1.54, 1.807) is 6.20 Å². The van der Waals surface area contributed by atoms with Crippen molar-refractivity contribution in [3.63, 3.8) is 0 Å². The summed E-state index contributed by atoms with van der Waals surface area (Å²) in [5.74, 6) is 1.41. The molecule has 0 saturated carbocycles. The average Bonchev–Trinajstić information content (AvgIpc) is 2.56. The number of aromatic nitrogens is 1. The number of nitrogens with one attached hydrogen (secondary N) is 2. The van der Waals surface area contributed by atoms with Gasteiger partial charge in [0.1, 0.15) is 5.82 Å². The van der Waals surface area contributed by atoms with E-state index in [1.807, 2.05) is 12.1 Å². The van der Waals surface area contributed by atoms with Gasteiger partial charge in [-0.05, 0) is 24.5 Å². The maximum atomic E-state index is 12.1. The summed E-state index contributed by atoms with van der Waals surface area (Å²) in [5.41, 5.74) is 0.599. The summed E-state index contributed by atoms with van der Waals surface area (Å²) >= 11 is 0. The molecule has 0 spiro atoms. The molecular weight excluding hydrogens is 292 g/mol. The van der Waals surface area contributed by atoms with Crippen LogP contribution in [0.15, 0.2) is 18.3 Å². The molecule has 1 fully saturated rings. The van der Waals surface area contributed by atoms with E-state index in [2.05, 4.69) is 34.4 Å². The Bertz CT molecular complexity index is 470. The van der Waals surface area contributed by atoms with Gasteiger partial charge in [-0.3, -0.25) is 9.69 Å². The highest BCUT2D eigenvalue weighted by atomic mass is 16.5. The molecule has 1 aliphatic heterocycles. The van der Waals surface area contributed by atoms with E-state index in [0.717, 1.165) is 51.6 Å². The van der Waals surface area contributed by atoms with Crippen molar-refractivity contribution in [3.8, 4) is 0 Å². The molecule has 2 rings (SSSR count). The number of rotatable bonds is 8. The molecule has 23 heavy (non-hydrogen) atoms. The molecule has 1 aliphatic rings. The fraction of sp³-hybridized carbons (Fsp3) is 0.647. The number of carbonyl (C=O) groups is 1. The van der Waals surface area contributed by atoms with Crippen LogP contribution in [-0.4, -0.2) is 61.7 Å². The van der Waals surface area contributed by atoms with Crippen LogP contribution in [0, 0.1) is 5.92 Å². The van der Waals surface area contributed by atoms with Gasteiger partial charge in [0.25, 0.3) is 5.91 Å². The summed E-state index contributed by atoms with van der Waals surface area (Å²) < 4.78 is 5.31. The van der Waals surface area contributed by atoms with Crippen LogP contribution in [0.1, 0.15) is 30.6 Å². The molecular formula is C17H28N4O2. The van der Waals surface area contributed by atoms with Gasteiger partial charge < -0.3 is 15.4 Å². The van der Waals surface area contributed by atoms with Crippen molar-refractivity contribution >= 4 is 11.7 Å². The predicted octanol–water partition coefficient (Wildman–Crippen LogP) is 1.60. The first-order valence-electron chi connectivity index (χ1n) is 8.43. The second-order valence-corrected chi connectivity index (χ2v) is 6.25. The highest BCUT2D eigenvalue weighted by Gasteiger charge is 2.11. The molecule has 2 N–H and O–H groups in total. The Morgan fingerprint density at radius 2 is 2.09 bits per heavy atom. The van der Waals surface area contributed by atoms with Gasteiger partial charge >= 0.3 is 0 Å². The summed E-state index contributed by atoms with van der Waals surface area (Å²) in [6, 6.07) is 3.67. The summed E-state index contributed by atoms with van der Waals surface area (Å²) in [7, 11) is 0. The average molecular weight is 320 g/mol. The summed E-state index contributed by atoms with van der Waals surface area (Å²) in [4.78, 5) is 18.7. The summed E-state index contributed by atoms with van der Waals surface area (Å²) in [5, 5.41) is 6.21. The van der Waals surface area contributed by atoms with E-state index in [4.69, 9.17) is 4.74 Å². The number of nitrogens with zero attached hydrogens (tertiary/aromatic N) is 2. The molecule has 128 valence electrons. The van der Waals surface area contributed by atoms with Crippen LogP contribution in [0.25, 0.3) is 0 Å². The molecule has 0 radical (unpaired) electrons. The van der Waals surface area contributed by atoms with Crippen molar-refractivity contribution in [1.29, 1.82) is 0 Å². The maximum absolute atomic E-state index is 12.1. The number of morpholine rings is 1. The Balaban J connectivity index is 1.69. The van der Waals surface area contributed by atoms with Crippen molar-refractivity contribution in [3.05, 3.63) is 23.9 Å². The van der Waals surface area contributed by atoms with Crippen molar-refractivity contribution in [1.82, 2.24) is 15.2 Å². The normalized spacial score (nSPS) is 15.6. The van der Waals surface area contributed by atoms with E-state index in [0.29, 0.717) is 18.0 Å². The first kappa shape index (κ1) is 17.7.